The Labute approximate surface area is 154 Å². The Hall–Kier alpha value is -2.20. The number of para-hydroxylation sites is 1. The third kappa shape index (κ3) is 3.90. The van der Waals surface area contributed by atoms with E-state index in [4.69, 9.17) is 16.3 Å². The molecule has 4 nitrogen and oxygen atoms in total. The van der Waals surface area contributed by atoms with Crippen molar-refractivity contribution >= 4 is 23.2 Å². The van der Waals surface area contributed by atoms with Crippen molar-refractivity contribution in [2.45, 2.75) is 26.0 Å². The van der Waals surface area contributed by atoms with Gasteiger partial charge in [0.15, 0.2) is 5.60 Å². The van der Waals surface area contributed by atoms with E-state index in [1.54, 1.807) is 24.3 Å². The normalized spacial score (nSPS) is 14.7. The fourth-order valence-electron chi connectivity index (χ4n) is 3.09. The summed E-state index contributed by atoms with van der Waals surface area (Å²) in [6.07, 6.45) is 0. The second-order valence-electron chi connectivity index (χ2n) is 6.84. The van der Waals surface area contributed by atoms with Crippen molar-refractivity contribution in [1.29, 1.82) is 0 Å². The zero-order valence-electron chi connectivity index (χ0n) is 14.8. The van der Waals surface area contributed by atoms with Crippen LogP contribution in [0.15, 0.2) is 48.5 Å². The molecule has 0 aliphatic carbocycles. The molecule has 0 bridgehead atoms. The maximum atomic E-state index is 13.1. The third-order valence-electron chi connectivity index (χ3n) is 4.46. The molecule has 1 heterocycles. The minimum Gasteiger partial charge on any atom is -0.478 e. The van der Waals surface area contributed by atoms with Gasteiger partial charge < -0.3 is 14.5 Å². The van der Waals surface area contributed by atoms with Gasteiger partial charge in [-0.25, -0.2) is 0 Å². The molecule has 0 radical (unpaired) electrons. The number of anilines is 1. The maximum Gasteiger partial charge on any atom is 0.266 e. The second kappa shape index (κ2) is 6.96. The minimum absolute atomic E-state index is 0.0208. The molecule has 25 heavy (non-hydrogen) atoms. The summed E-state index contributed by atoms with van der Waals surface area (Å²) >= 11 is 5.91. The van der Waals surface area contributed by atoms with Crippen molar-refractivity contribution in [3.8, 4) is 5.75 Å². The van der Waals surface area contributed by atoms with Gasteiger partial charge in [0.2, 0.25) is 0 Å². The molecule has 0 N–H and O–H groups in total. The number of amides is 1. The molecule has 0 fully saturated rings. The van der Waals surface area contributed by atoms with Gasteiger partial charge in [0.25, 0.3) is 5.91 Å². The quantitative estimate of drug-likeness (QED) is 0.832. The van der Waals surface area contributed by atoms with E-state index in [1.165, 1.54) is 5.69 Å². The highest BCUT2D eigenvalue weighted by molar-refractivity contribution is 6.30. The molecule has 3 rings (SSSR count). The van der Waals surface area contributed by atoms with Crippen LogP contribution < -0.4 is 9.64 Å². The Balaban J connectivity index is 1.78. The first-order chi connectivity index (χ1) is 11.9. The van der Waals surface area contributed by atoms with Crippen molar-refractivity contribution in [2.75, 3.05) is 25.0 Å². The molecule has 0 aromatic heterocycles. The average Bonchev–Trinajstić information content (AvgIpc) is 2.76. The van der Waals surface area contributed by atoms with Gasteiger partial charge >= 0.3 is 0 Å². The largest absolute Gasteiger partial charge is 0.478 e. The van der Waals surface area contributed by atoms with E-state index >= 15 is 0 Å². The highest BCUT2D eigenvalue weighted by atomic mass is 35.5. The van der Waals surface area contributed by atoms with Crippen LogP contribution >= 0.6 is 11.6 Å². The van der Waals surface area contributed by atoms with Crippen LogP contribution in [0.1, 0.15) is 19.4 Å². The Morgan fingerprint density at radius 2 is 1.76 bits per heavy atom. The fourth-order valence-corrected chi connectivity index (χ4v) is 3.21. The number of hydrogen-bond acceptors (Lipinski definition) is 3. The molecule has 0 saturated carbocycles. The summed E-state index contributed by atoms with van der Waals surface area (Å²) in [6.45, 7) is 5.67. The lowest BCUT2D eigenvalue weighted by Crippen LogP contribution is -2.49. The molecule has 0 spiro atoms. The summed E-state index contributed by atoms with van der Waals surface area (Å²) in [5.74, 6) is 0.614. The van der Waals surface area contributed by atoms with Gasteiger partial charge in [-0.15, -0.1) is 0 Å². The molecule has 2 aromatic carbocycles. The van der Waals surface area contributed by atoms with Gasteiger partial charge in [-0.3, -0.25) is 4.79 Å². The van der Waals surface area contributed by atoms with Crippen molar-refractivity contribution in [3.63, 3.8) is 0 Å². The Morgan fingerprint density at radius 3 is 2.48 bits per heavy atom. The predicted molar refractivity (Wildman–Crippen MR) is 101 cm³/mol. The van der Waals surface area contributed by atoms with E-state index < -0.39 is 5.60 Å². The molecule has 0 saturated heterocycles. The van der Waals surface area contributed by atoms with E-state index in [0.29, 0.717) is 23.9 Å². The van der Waals surface area contributed by atoms with Gasteiger partial charge in [-0.2, -0.15) is 0 Å². The second-order valence-corrected chi connectivity index (χ2v) is 7.28. The summed E-state index contributed by atoms with van der Waals surface area (Å²) in [7, 11) is 2.06. The average molecular weight is 359 g/mol. The van der Waals surface area contributed by atoms with E-state index in [2.05, 4.69) is 24.1 Å². The molecule has 1 aliphatic rings. The van der Waals surface area contributed by atoms with Gasteiger partial charge in [0, 0.05) is 37.4 Å². The maximum absolute atomic E-state index is 13.1. The van der Waals surface area contributed by atoms with Crippen LogP contribution in [0, 0.1) is 0 Å². The summed E-state index contributed by atoms with van der Waals surface area (Å²) in [5.41, 5.74) is 1.37. The zero-order valence-corrected chi connectivity index (χ0v) is 15.6. The molecular weight excluding hydrogens is 336 g/mol. The molecule has 5 heteroatoms. The number of nitrogens with zero attached hydrogens (tertiary/aromatic N) is 2. The van der Waals surface area contributed by atoms with Crippen molar-refractivity contribution in [1.82, 2.24) is 4.90 Å². The molecule has 1 aliphatic heterocycles. The van der Waals surface area contributed by atoms with E-state index in [-0.39, 0.29) is 5.91 Å². The van der Waals surface area contributed by atoms with Crippen LogP contribution in [0.3, 0.4) is 0 Å². The van der Waals surface area contributed by atoms with Crippen LogP contribution in [0.25, 0.3) is 0 Å². The topological polar surface area (TPSA) is 32.8 Å². The van der Waals surface area contributed by atoms with Crippen LogP contribution in [-0.4, -0.2) is 36.5 Å². The number of ether oxygens (including phenoxy) is 1. The molecular formula is C20H23ClN2O2. The molecule has 1 amide bonds. The van der Waals surface area contributed by atoms with Crippen LogP contribution in [0.5, 0.6) is 5.75 Å². The number of carbonyl (C=O) groups is 1. The number of rotatable bonds is 3. The fraction of sp³-hybridized carbons (Fsp3) is 0.350. The SMILES string of the molecule is CN1CCN(C(=O)C(C)(C)Oc2ccc(Cl)cc2)Cc2ccccc21. The number of likely N-dealkylation sites (N-methyl/N-ethyl adjacent to an activating group) is 1. The lowest BCUT2D eigenvalue weighted by Gasteiger charge is -2.32. The first-order valence-electron chi connectivity index (χ1n) is 8.40. The van der Waals surface area contributed by atoms with Gasteiger partial charge in [0.05, 0.1) is 0 Å². The van der Waals surface area contributed by atoms with Crippen molar-refractivity contribution < 1.29 is 9.53 Å². The lowest BCUT2D eigenvalue weighted by atomic mass is 10.1. The predicted octanol–water partition coefficient (Wildman–Crippen LogP) is 3.98. The third-order valence-corrected chi connectivity index (χ3v) is 4.71. The summed E-state index contributed by atoms with van der Waals surface area (Å²) in [4.78, 5) is 17.2. The number of benzene rings is 2. The summed E-state index contributed by atoms with van der Waals surface area (Å²) in [5, 5.41) is 0.642. The van der Waals surface area contributed by atoms with E-state index in [9.17, 15) is 4.79 Å². The number of carbonyl (C=O) groups excluding carboxylic acids is 1. The van der Waals surface area contributed by atoms with Gasteiger partial charge in [-0.1, -0.05) is 29.8 Å². The lowest BCUT2D eigenvalue weighted by molar-refractivity contribution is -0.145. The molecule has 2 aromatic rings. The minimum atomic E-state index is -0.953. The number of fused-ring (bicyclic) bond motifs is 1. The van der Waals surface area contributed by atoms with Crippen LogP contribution in [-0.2, 0) is 11.3 Å². The Kier molecular flexibility index (Phi) is 4.91. The highest BCUT2D eigenvalue weighted by Crippen LogP contribution is 2.27. The zero-order chi connectivity index (χ0) is 18.0. The van der Waals surface area contributed by atoms with Crippen LogP contribution in [0.2, 0.25) is 5.02 Å². The van der Waals surface area contributed by atoms with Gasteiger partial charge in [-0.05, 0) is 49.7 Å². The Morgan fingerprint density at radius 1 is 1.08 bits per heavy atom. The Bertz CT molecular complexity index is 759. The van der Waals surface area contributed by atoms with Crippen molar-refractivity contribution in [3.05, 3.63) is 59.1 Å². The smallest absolute Gasteiger partial charge is 0.266 e. The number of halogens is 1. The van der Waals surface area contributed by atoms with Crippen LogP contribution in [0.4, 0.5) is 5.69 Å². The summed E-state index contributed by atoms with van der Waals surface area (Å²) < 4.78 is 5.96. The summed E-state index contributed by atoms with van der Waals surface area (Å²) in [6, 6.07) is 15.3. The van der Waals surface area contributed by atoms with Crippen molar-refractivity contribution in [2.24, 2.45) is 0 Å². The first-order valence-corrected chi connectivity index (χ1v) is 8.77. The standard InChI is InChI=1S/C20H23ClN2O2/c1-20(2,25-17-10-8-16(21)9-11-17)19(24)23-13-12-22(3)18-7-5-4-6-15(18)14-23/h4-11H,12-14H2,1-3H3. The van der Waals surface area contributed by atoms with E-state index in [0.717, 1.165) is 12.1 Å². The first kappa shape index (κ1) is 17.6. The molecule has 0 unspecified atom stereocenters. The highest BCUT2D eigenvalue weighted by Gasteiger charge is 2.35. The van der Waals surface area contributed by atoms with Gasteiger partial charge in [0.1, 0.15) is 5.75 Å². The monoisotopic (exact) mass is 358 g/mol. The van der Waals surface area contributed by atoms with E-state index in [1.807, 2.05) is 30.9 Å². The molecule has 132 valence electrons. The number of hydrogen-bond donors (Lipinski definition) is 0. The molecule has 0 atom stereocenters.